The summed E-state index contributed by atoms with van der Waals surface area (Å²) in [7, 11) is 0. The molecule has 2 heterocycles. The summed E-state index contributed by atoms with van der Waals surface area (Å²) in [5.41, 5.74) is 5.14. The molecule has 2 aromatic heterocycles. The number of Topliss-reactive ketones (excluding diaryl/α,β-unsaturated/α-hetero) is 1. The number of nitrogens with one attached hydrogen (secondary N) is 2. The molecule has 1 aliphatic rings. The molecule has 0 bridgehead atoms. The second kappa shape index (κ2) is 6.50. The number of benzene rings is 2. The lowest BCUT2D eigenvalue weighted by Gasteiger charge is -2.21. The van der Waals surface area contributed by atoms with Crippen molar-refractivity contribution in [3.63, 3.8) is 0 Å². The van der Waals surface area contributed by atoms with Gasteiger partial charge in [-0.05, 0) is 24.5 Å². The lowest BCUT2D eigenvalue weighted by atomic mass is 9.86. The number of hydrogen-bond acceptors (Lipinski definition) is 2. The Hall–Kier alpha value is -3.11. The molecule has 0 amide bonds. The lowest BCUT2D eigenvalue weighted by molar-refractivity contribution is -0.113. The fourth-order valence-electron chi connectivity index (χ4n) is 4.39. The molecule has 0 aliphatic heterocycles. The molecule has 4 heteroatoms. The van der Waals surface area contributed by atoms with Gasteiger partial charge in [0.15, 0.2) is 5.78 Å². The number of rotatable bonds is 2. The van der Waals surface area contributed by atoms with Crippen molar-refractivity contribution in [3.8, 4) is 0 Å². The highest BCUT2D eigenvalue weighted by molar-refractivity contribution is 6.31. The first-order valence-corrected chi connectivity index (χ1v) is 9.73. The van der Waals surface area contributed by atoms with Gasteiger partial charge < -0.3 is 15.1 Å². The number of para-hydroxylation sites is 2. The van der Waals surface area contributed by atoms with Gasteiger partial charge >= 0.3 is 0 Å². The molecule has 2 unspecified atom stereocenters. The van der Waals surface area contributed by atoms with Gasteiger partial charge in [0.05, 0.1) is 6.10 Å². The summed E-state index contributed by atoms with van der Waals surface area (Å²) in [5.74, 6) is 0.101. The summed E-state index contributed by atoms with van der Waals surface area (Å²) in [6.45, 7) is 2.02. The van der Waals surface area contributed by atoms with Crippen molar-refractivity contribution in [3.05, 3.63) is 72.1 Å². The van der Waals surface area contributed by atoms with Gasteiger partial charge in [-0.15, -0.1) is 0 Å². The van der Waals surface area contributed by atoms with Crippen molar-refractivity contribution in [2.24, 2.45) is 5.92 Å². The number of ketones is 1. The van der Waals surface area contributed by atoms with Crippen LogP contribution in [0.3, 0.4) is 0 Å². The molecule has 1 aliphatic carbocycles. The SMILES string of the molecule is CC1CCC(=O)C(c2c[nH]c3ccccc23)=C(c2c[nH]c3ccccc23)C1O. The number of fused-ring (bicyclic) bond motifs is 2. The van der Waals surface area contributed by atoms with Gasteiger partial charge in [0.2, 0.25) is 0 Å². The van der Waals surface area contributed by atoms with Gasteiger partial charge in [0.1, 0.15) is 0 Å². The van der Waals surface area contributed by atoms with Crippen LogP contribution in [0.1, 0.15) is 30.9 Å². The maximum Gasteiger partial charge on any atom is 0.163 e. The highest BCUT2D eigenvalue weighted by Gasteiger charge is 2.33. The van der Waals surface area contributed by atoms with Gasteiger partial charge in [0, 0.05) is 62.9 Å². The molecule has 140 valence electrons. The van der Waals surface area contributed by atoms with Crippen LogP contribution in [0.2, 0.25) is 0 Å². The predicted molar refractivity (Wildman–Crippen MR) is 113 cm³/mol. The van der Waals surface area contributed by atoms with Crippen LogP contribution in [-0.2, 0) is 4.79 Å². The molecule has 2 aromatic carbocycles. The zero-order valence-corrected chi connectivity index (χ0v) is 15.7. The van der Waals surface area contributed by atoms with Crippen LogP contribution in [0.4, 0.5) is 0 Å². The molecule has 0 spiro atoms. The number of aromatic nitrogens is 2. The Morgan fingerprint density at radius 3 is 2.14 bits per heavy atom. The second-order valence-corrected chi connectivity index (χ2v) is 7.67. The number of carbonyl (C=O) groups is 1. The lowest BCUT2D eigenvalue weighted by Crippen LogP contribution is -2.19. The number of H-pyrrole nitrogens is 2. The molecule has 0 saturated heterocycles. The third-order valence-electron chi connectivity index (χ3n) is 5.95. The molecule has 0 radical (unpaired) electrons. The van der Waals surface area contributed by atoms with E-state index in [9.17, 15) is 9.90 Å². The third kappa shape index (κ3) is 2.53. The van der Waals surface area contributed by atoms with Crippen molar-refractivity contribution in [1.82, 2.24) is 9.97 Å². The van der Waals surface area contributed by atoms with Crippen LogP contribution >= 0.6 is 0 Å². The summed E-state index contributed by atoms with van der Waals surface area (Å²) < 4.78 is 0. The maximum atomic E-state index is 13.3. The van der Waals surface area contributed by atoms with E-state index in [1.165, 1.54) is 0 Å². The molecule has 0 fully saturated rings. The fraction of sp³-hybridized carbons (Fsp3) is 0.208. The van der Waals surface area contributed by atoms with E-state index in [0.29, 0.717) is 18.4 Å². The highest BCUT2D eigenvalue weighted by Crippen LogP contribution is 2.41. The van der Waals surface area contributed by atoms with E-state index in [-0.39, 0.29) is 11.7 Å². The van der Waals surface area contributed by atoms with Crippen molar-refractivity contribution < 1.29 is 9.90 Å². The smallest absolute Gasteiger partial charge is 0.163 e. The van der Waals surface area contributed by atoms with Gasteiger partial charge in [-0.1, -0.05) is 43.3 Å². The van der Waals surface area contributed by atoms with Gasteiger partial charge in [-0.25, -0.2) is 0 Å². The zero-order valence-electron chi connectivity index (χ0n) is 15.7. The Labute approximate surface area is 162 Å². The minimum absolute atomic E-state index is 0.00955. The van der Waals surface area contributed by atoms with Gasteiger partial charge in [0.25, 0.3) is 0 Å². The molecule has 4 aromatic rings. The summed E-state index contributed by atoms with van der Waals surface area (Å²) in [5, 5.41) is 13.3. The van der Waals surface area contributed by atoms with Crippen LogP contribution in [0.15, 0.2) is 60.9 Å². The Bertz CT molecular complexity index is 1230. The maximum absolute atomic E-state index is 13.3. The molecule has 2 atom stereocenters. The average molecular weight is 370 g/mol. The standard InChI is InChI=1S/C24H22N2O2/c1-14-10-11-21(27)22(17-12-25-19-8-4-2-6-15(17)19)23(24(14)28)18-13-26-20-9-5-3-7-16(18)20/h2-9,12-14,24-26,28H,10-11H2,1H3. The van der Waals surface area contributed by atoms with E-state index in [2.05, 4.69) is 9.97 Å². The Morgan fingerprint density at radius 2 is 1.46 bits per heavy atom. The second-order valence-electron chi connectivity index (χ2n) is 7.67. The van der Waals surface area contributed by atoms with Crippen molar-refractivity contribution in [2.75, 3.05) is 0 Å². The molecule has 3 N–H and O–H groups in total. The van der Waals surface area contributed by atoms with E-state index in [0.717, 1.165) is 38.5 Å². The average Bonchev–Trinajstić information content (AvgIpc) is 3.31. The van der Waals surface area contributed by atoms with E-state index in [1.807, 2.05) is 67.8 Å². The first kappa shape index (κ1) is 17.0. The summed E-state index contributed by atoms with van der Waals surface area (Å²) in [4.78, 5) is 19.9. The van der Waals surface area contributed by atoms with Gasteiger partial charge in [-0.2, -0.15) is 0 Å². The Balaban J connectivity index is 1.87. The number of hydrogen-bond donors (Lipinski definition) is 3. The van der Waals surface area contributed by atoms with Crippen molar-refractivity contribution >= 4 is 38.7 Å². The molecule has 28 heavy (non-hydrogen) atoms. The van der Waals surface area contributed by atoms with Crippen LogP contribution < -0.4 is 0 Å². The summed E-state index contributed by atoms with van der Waals surface area (Å²) in [6.07, 6.45) is 4.24. The van der Waals surface area contributed by atoms with E-state index >= 15 is 0 Å². The first-order valence-electron chi connectivity index (χ1n) is 9.73. The monoisotopic (exact) mass is 370 g/mol. The van der Waals surface area contributed by atoms with Gasteiger partial charge in [-0.3, -0.25) is 4.79 Å². The fourth-order valence-corrected chi connectivity index (χ4v) is 4.39. The minimum Gasteiger partial charge on any atom is -0.388 e. The van der Waals surface area contributed by atoms with Crippen LogP contribution in [0, 0.1) is 5.92 Å². The molecule has 5 rings (SSSR count). The predicted octanol–water partition coefficient (Wildman–Crippen LogP) is 4.92. The number of aromatic amines is 2. The number of carbonyl (C=O) groups excluding carboxylic acids is 1. The molecular formula is C24H22N2O2. The molecular weight excluding hydrogens is 348 g/mol. The number of aliphatic hydroxyl groups is 1. The van der Waals surface area contributed by atoms with E-state index < -0.39 is 6.10 Å². The zero-order chi connectivity index (χ0) is 19.3. The molecule has 4 nitrogen and oxygen atoms in total. The number of allylic oxidation sites excluding steroid dienone is 1. The highest BCUT2D eigenvalue weighted by atomic mass is 16.3. The number of aliphatic hydroxyl groups excluding tert-OH is 1. The minimum atomic E-state index is -0.700. The van der Waals surface area contributed by atoms with Crippen LogP contribution in [0.5, 0.6) is 0 Å². The Kier molecular flexibility index (Phi) is 3.95. The Morgan fingerprint density at radius 1 is 0.893 bits per heavy atom. The third-order valence-corrected chi connectivity index (χ3v) is 5.95. The summed E-state index contributed by atoms with van der Waals surface area (Å²) >= 11 is 0. The van der Waals surface area contributed by atoms with Crippen LogP contribution in [-0.4, -0.2) is 27.0 Å². The molecule has 0 saturated carbocycles. The van der Waals surface area contributed by atoms with Crippen molar-refractivity contribution in [2.45, 2.75) is 25.9 Å². The van der Waals surface area contributed by atoms with Crippen LogP contribution in [0.25, 0.3) is 33.0 Å². The normalized spacial score (nSPS) is 20.9. The van der Waals surface area contributed by atoms with E-state index in [4.69, 9.17) is 0 Å². The largest absolute Gasteiger partial charge is 0.388 e. The first-order chi connectivity index (χ1) is 13.6. The quantitative estimate of drug-likeness (QED) is 0.469. The van der Waals surface area contributed by atoms with Crippen molar-refractivity contribution in [1.29, 1.82) is 0 Å². The van der Waals surface area contributed by atoms with E-state index in [1.54, 1.807) is 0 Å². The summed E-state index contributed by atoms with van der Waals surface area (Å²) in [6, 6.07) is 16.0. The topological polar surface area (TPSA) is 68.9 Å².